The summed E-state index contributed by atoms with van der Waals surface area (Å²) in [5, 5.41) is 8.90. The van der Waals surface area contributed by atoms with Crippen LogP contribution in [0.15, 0.2) is 48.5 Å². The Hall–Kier alpha value is -1.45. The summed E-state index contributed by atoms with van der Waals surface area (Å²) in [5.74, 6) is -0.874. The fourth-order valence-corrected chi connectivity index (χ4v) is 2.35. The molecule has 0 saturated heterocycles. The summed E-state index contributed by atoms with van der Waals surface area (Å²) in [7, 11) is 0. The van der Waals surface area contributed by atoms with Crippen molar-refractivity contribution in [3.8, 4) is 11.1 Å². The molecule has 0 heterocycles. The van der Waals surface area contributed by atoms with Crippen LogP contribution in [0.2, 0.25) is 5.02 Å². The number of carboxylic acid groups (broad SMARTS) is 1. The minimum atomic E-state index is -0.874. The number of aliphatic carboxylic acids is 1. The molecule has 0 bridgehead atoms. The van der Waals surface area contributed by atoms with E-state index in [1.165, 1.54) is 0 Å². The second kappa shape index (κ2) is 6.82. The van der Waals surface area contributed by atoms with E-state index in [9.17, 15) is 4.79 Å². The summed E-state index contributed by atoms with van der Waals surface area (Å²) < 4.78 is 0. The Kier molecular flexibility index (Phi) is 5.10. The lowest BCUT2D eigenvalue weighted by atomic mass is 10.0. The van der Waals surface area contributed by atoms with Crippen LogP contribution >= 0.6 is 24.2 Å². The average molecular weight is 307 g/mol. The summed E-state index contributed by atoms with van der Waals surface area (Å²) in [6.45, 7) is 0. The zero-order valence-corrected chi connectivity index (χ0v) is 12.4. The third-order valence-corrected chi connectivity index (χ3v) is 3.94. The summed E-state index contributed by atoms with van der Waals surface area (Å²) in [4.78, 5) is 10.7. The maximum atomic E-state index is 10.7. The van der Waals surface area contributed by atoms with Gasteiger partial charge in [-0.05, 0) is 30.0 Å². The van der Waals surface area contributed by atoms with Gasteiger partial charge in [0.25, 0.3) is 0 Å². The van der Waals surface area contributed by atoms with Gasteiger partial charge in [-0.2, -0.15) is 12.6 Å². The van der Waals surface area contributed by atoms with E-state index >= 15 is 0 Å². The number of benzene rings is 2. The van der Waals surface area contributed by atoms with Crippen LogP contribution in [0.25, 0.3) is 11.1 Å². The number of halogens is 1. The molecule has 0 saturated carbocycles. The summed E-state index contributed by atoms with van der Waals surface area (Å²) in [5.41, 5.74) is 3.15. The normalized spacial score (nSPS) is 12.1. The smallest absolute Gasteiger partial charge is 0.316 e. The fraction of sp³-hybridized carbons (Fsp3) is 0.188. The first kappa shape index (κ1) is 14.9. The van der Waals surface area contributed by atoms with Crippen LogP contribution in [-0.2, 0) is 11.2 Å². The molecule has 0 amide bonds. The van der Waals surface area contributed by atoms with Crippen LogP contribution in [0.5, 0.6) is 0 Å². The van der Waals surface area contributed by atoms with E-state index in [1.807, 2.05) is 48.5 Å². The Labute approximate surface area is 128 Å². The van der Waals surface area contributed by atoms with Crippen molar-refractivity contribution < 1.29 is 9.90 Å². The molecule has 0 fully saturated rings. The van der Waals surface area contributed by atoms with Crippen LogP contribution < -0.4 is 0 Å². The lowest BCUT2D eigenvalue weighted by molar-refractivity contribution is -0.136. The molecule has 1 N–H and O–H groups in total. The highest BCUT2D eigenvalue weighted by atomic mass is 35.5. The number of rotatable bonds is 5. The SMILES string of the molecule is O=C(O)C(S)CCc1ccc(-c2ccccc2Cl)cc1. The Morgan fingerprint density at radius 1 is 1.15 bits per heavy atom. The maximum Gasteiger partial charge on any atom is 0.316 e. The van der Waals surface area contributed by atoms with Crippen molar-refractivity contribution in [1.82, 2.24) is 0 Å². The average Bonchev–Trinajstić information content (AvgIpc) is 2.46. The van der Waals surface area contributed by atoms with Gasteiger partial charge in [-0.15, -0.1) is 0 Å². The second-order valence-corrected chi connectivity index (χ2v) is 5.60. The number of carboxylic acids is 1. The molecule has 2 nitrogen and oxygen atoms in total. The molecular formula is C16H15ClO2S. The molecule has 2 aromatic rings. The molecule has 0 radical (unpaired) electrons. The van der Waals surface area contributed by atoms with Crippen molar-refractivity contribution in [3.05, 3.63) is 59.1 Å². The van der Waals surface area contributed by atoms with E-state index < -0.39 is 11.2 Å². The third kappa shape index (κ3) is 3.78. The minimum Gasteiger partial charge on any atom is -0.480 e. The Bertz CT molecular complexity index is 596. The molecule has 0 aliphatic rings. The van der Waals surface area contributed by atoms with Crippen LogP contribution in [0.3, 0.4) is 0 Å². The van der Waals surface area contributed by atoms with Crippen LogP contribution in [0.1, 0.15) is 12.0 Å². The Morgan fingerprint density at radius 2 is 1.80 bits per heavy atom. The van der Waals surface area contributed by atoms with Gasteiger partial charge in [0, 0.05) is 10.6 Å². The molecule has 4 heteroatoms. The van der Waals surface area contributed by atoms with Gasteiger partial charge >= 0.3 is 5.97 Å². The minimum absolute atomic E-state index is 0.518. The highest BCUT2D eigenvalue weighted by Gasteiger charge is 2.11. The van der Waals surface area contributed by atoms with Crippen molar-refractivity contribution in [2.45, 2.75) is 18.1 Å². The van der Waals surface area contributed by atoms with Crippen molar-refractivity contribution in [3.63, 3.8) is 0 Å². The topological polar surface area (TPSA) is 37.3 Å². The highest BCUT2D eigenvalue weighted by molar-refractivity contribution is 7.81. The Balaban J connectivity index is 2.07. The second-order valence-electron chi connectivity index (χ2n) is 4.57. The van der Waals surface area contributed by atoms with Crippen molar-refractivity contribution in [2.24, 2.45) is 0 Å². The molecule has 0 aromatic heterocycles. The Morgan fingerprint density at radius 3 is 2.40 bits per heavy atom. The van der Waals surface area contributed by atoms with E-state index in [2.05, 4.69) is 12.6 Å². The molecule has 2 rings (SSSR count). The van der Waals surface area contributed by atoms with Gasteiger partial charge in [0.1, 0.15) is 0 Å². The molecule has 0 aliphatic carbocycles. The zero-order chi connectivity index (χ0) is 14.5. The molecule has 104 valence electrons. The fourth-order valence-electron chi connectivity index (χ4n) is 1.97. The molecule has 1 atom stereocenters. The maximum absolute atomic E-state index is 10.7. The number of carbonyl (C=O) groups is 1. The van der Waals surface area contributed by atoms with E-state index in [-0.39, 0.29) is 0 Å². The molecule has 0 spiro atoms. The van der Waals surface area contributed by atoms with E-state index in [4.69, 9.17) is 16.7 Å². The molecular weight excluding hydrogens is 292 g/mol. The predicted octanol–water partition coefficient (Wildman–Crippen LogP) is 4.32. The standard InChI is InChI=1S/C16H15ClO2S/c17-14-4-2-1-3-13(14)12-8-5-11(6-9-12)7-10-15(20)16(18)19/h1-6,8-9,15,20H,7,10H2,(H,18,19). The van der Waals surface area contributed by atoms with E-state index in [0.717, 1.165) is 21.7 Å². The summed E-state index contributed by atoms with van der Waals surface area (Å²) in [6, 6.07) is 15.7. The predicted molar refractivity (Wildman–Crippen MR) is 85.6 cm³/mol. The highest BCUT2D eigenvalue weighted by Crippen LogP contribution is 2.27. The lowest BCUT2D eigenvalue weighted by Crippen LogP contribution is -2.13. The van der Waals surface area contributed by atoms with E-state index in [1.54, 1.807) is 0 Å². The van der Waals surface area contributed by atoms with Gasteiger partial charge in [-0.3, -0.25) is 4.79 Å². The first-order valence-corrected chi connectivity index (χ1v) is 7.22. The van der Waals surface area contributed by atoms with Gasteiger partial charge in [0.05, 0.1) is 5.25 Å². The molecule has 2 aromatic carbocycles. The quantitative estimate of drug-likeness (QED) is 0.807. The van der Waals surface area contributed by atoms with Gasteiger partial charge < -0.3 is 5.11 Å². The number of aryl methyl sites for hydroxylation is 1. The van der Waals surface area contributed by atoms with E-state index in [0.29, 0.717) is 12.8 Å². The summed E-state index contributed by atoms with van der Waals surface area (Å²) in [6.07, 6.45) is 1.22. The van der Waals surface area contributed by atoms with Gasteiger partial charge in [0.15, 0.2) is 0 Å². The largest absolute Gasteiger partial charge is 0.480 e. The molecule has 0 aliphatic heterocycles. The van der Waals surface area contributed by atoms with Crippen molar-refractivity contribution in [2.75, 3.05) is 0 Å². The first-order valence-electron chi connectivity index (χ1n) is 6.32. The van der Waals surface area contributed by atoms with Gasteiger partial charge in [-0.25, -0.2) is 0 Å². The zero-order valence-electron chi connectivity index (χ0n) is 10.8. The van der Waals surface area contributed by atoms with Crippen LogP contribution in [0.4, 0.5) is 0 Å². The number of hydrogen-bond donors (Lipinski definition) is 2. The van der Waals surface area contributed by atoms with Gasteiger partial charge in [-0.1, -0.05) is 54.1 Å². The molecule has 1 unspecified atom stereocenters. The number of hydrogen-bond acceptors (Lipinski definition) is 2. The summed E-state index contributed by atoms with van der Waals surface area (Å²) >= 11 is 10.2. The lowest BCUT2D eigenvalue weighted by Gasteiger charge is -2.07. The van der Waals surface area contributed by atoms with Crippen molar-refractivity contribution in [1.29, 1.82) is 0 Å². The third-order valence-electron chi connectivity index (χ3n) is 3.13. The number of thiol groups is 1. The monoisotopic (exact) mass is 306 g/mol. The first-order chi connectivity index (χ1) is 9.58. The van der Waals surface area contributed by atoms with Crippen molar-refractivity contribution >= 4 is 30.2 Å². The van der Waals surface area contributed by atoms with Crippen LogP contribution in [0, 0.1) is 0 Å². The molecule has 20 heavy (non-hydrogen) atoms. The van der Waals surface area contributed by atoms with Crippen LogP contribution in [-0.4, -0.2) is 16.3 Å². The van der Waals surface area contributed by atoms with Gasteiger partial charge in [0.2, 0.25) is 0 Å².